The maximum atomic E-state index is 11.0. The Hall–Kier alpha value is -0.420. The summed E-state index contributed by atoms with van der Waals surface area (Å²) >= 11 is 8.46. The second-order valence-corrected chi connectivity index (χ2v) is 4.14. The molecule has 0 rings (SSSR count). The van der Waals surface area contributed by atoms with Crippen LogP contribution in [0.15, 0.2) is 4.99 Å². The summed E-state index contributed by atoms with van der Waals surface area (Å²) in [5, 5.41) is 0. The van der Waals surface area contributed by atoms with Crippen LogP contribution in [0.2, 0.25) is 0 Å². The Morgan fingerprint density at radius 3 is 2.79 bits per heavy atom. The molecule has 14 heavy (non-hydrogen) atoms. The zero-order chi connectivity index (χ0) is 11.0. The Bertz CT molecular complexity index is 227. The third-order valence-electron chi connectivity index (χ3n) is 1.28. The molecule has 0 atom stereocenters. The van der Waals surface area contributed by atoms with E-state index < -0.39 is 0 Å². The number of esters is 1. The maximum Gasteiger partial charge on any atom is 0.306 e. The van der Waals surface area contributed by atoms with Crippen molar-refractivity contribution < 1.29 is 9.53 Å². The summed E-state index contributed by atoms with van der Waals surface area (Å²) in [5.74, 6) is -0.165. The van der Waals surface area contributed by atoms with Gasteiger partial charge in [0, 0.05) is 12.6 Å². The van der Waals surface area contributed by atoms with Crippen molar-refractivity contribution in [3.05, 3.63) is 0 Å². The van der Waals surface area contributed by atoms with Gasteiger partial charge in [0.25, 0.3) is 0 Å². The SMILES string of the molecule is CC(C)OC(=O)CCCC=NC(=S)S. The number of carbonyl (C=O) groups is 1. The van der Waals surface area contributed by atoms with Crippen LogP contribution in [0.3, 0.4) is 0 Å². The van der Waals surface area contributed by atoms with E-state index in [-0.39, 0.29) is 12.1 Å². The highest BCUT2D eigenvalue weighted by atomic mass is 32.1. The highest BCUT2D eigenvalue weighted by Gasteiger charge is 2.03. The summed E-state index contributed by atoms with van der Waals surface area (Å²) in [4.78, 5) is 14.8. The molecule has 0 aliphatic heterocycles. The van der Waals surface area contributed by atoms with Crippen LogP contribution in [-0.4, -0.2) is 22.6 Å². The van der Waals surface area contributed by atoms with Gasteiger partial charge in [0.2, 0.25) is 0 Å². The number of nitrogens with zero attached hydrogens (tertiary/aromatic N) is 1. The zero-order valence-corrected chi connectivity index (χ0v) is 10.1. The van der Waals surface area contributed by atoms with E-state index in [9.17, 15) is 4.79 Å². The maximum absolute atomic E-state index is 11.0. The van der Waals surface area contributed by atoms with E-state index in [0.717, 1.165) is 6.42 Å². The van der Waals surface area contributed by atoms with Crippen LogP contribution in [0.5, 0.6) is 0 Å². The van der Waals surface area contributed by atoms with Crippen molar-refractivity contribution >= 4 is 41.4 Å². The van der Waals surface area contributed by atoms with E-state index in [0.29, 0.717) is 17.2 Å². The smallest absolute Gasteiger partial charge is 0.306 e. The van der Waals surface area contributed by atoms with Gasteiger partial charge in [-0.2, -0.15) is 0 Å². The molecule has 0 saturated heterocycles. The lowest BCUT2D eigenvalue weighted by Crippen LogP contribution is -2.10. The van der Waals surface area contributed by atoms with Gasteiger partial charge in [-0.05, 0) is 26.7 Å². The molecule has 0 radical (unpaired) electrons. The standard InChI is InChI=1S/C9H15NO2S2/c1-7(2)12-8(11)5-3-4-6-10-9(13)14/h6-7H,3-5H2,1-2H3,(H,13,14). The average molecular weight is 233 g/mol. The van der Waals surface area contributed by atoms with Gasteiger partial charge in [-0.3, -0.25) is 4.79 Å². The molecular weight excluding hydrogens is 218 g/mol. The number of hydrogen-bond acceptors (Lipinski definition) is 3. The van der Waals surface area contributed by atoms with Crippen molar-refractivity contribution in [2.75, 3.05) is 0 Å². The van der Waals surface area contributed by atoms with Gasteiger partial charge in [0.15, 0.2) is 4.32 Å². The number of rotatable bonds is 5. The number of ether oxygens (including phenoxy) is 1. The van der Waals surface area contributed by atoms with Gasteiger partial charge in [-0.15, -0.1) is 12.6 Å². The lowest BCUT2D eigenvalue weighted by Gasteiger charge is -2.06. The third-order valence-corrected chi connectivity index (χ3v) is 1.50. The Morgan fingerprint density at radius 2 is 2.29 bits per heavy atom. The van der Waals surface area contributed by atoms with Crippen LogP contribution in [-0.2, 0) is 9.53 Å². The molecule has 80 valence electrons. The third kappa shape index (κ3) is 9.67. The number of unbranched alkanes of at least 4 members (excludes halogenated alkanes) is 1. The van der Waals surface area contributed by atoms with E-state index in [1.54, 1.807) is 6.21 Å². The van der Waals surface area contributed by atoms with Crippen molar-refractivity contribution in [1.82, 2.24) is 0 Å². The van der Waals surface area contributed by atoms with Gasteiger partial charge in [0.1, 0.15) is 0 Å². The van der Waals surface area contributed by atoms with Gasteiger partial charge < -0.3 is 4.74 Å². The number of aliphatic imine (C=N–C) groups is 1. The fourth-order valence-corrected chi connectivity index (χ4v) is 0.958. The number of carbonyl (C=O) groups excluding carboxylic acids is 1. The van der Waals surface area contributed by atoms with Gasteiger partial charge in [0.05, 0.1) is 6.10 Å². The summed E-state index contributed by atoms with van der Waals surface area (Å²) in [5.41, 5.74) is 0. The zero-order valence-electron chi connectivity index (χ0n) is 8.40. The number of hydrogen-bond donors (Lipinski definition) is 1. The summed E-state index contributed by atoms with van der Waals surface area (Å²) in [6.45, 7) is 3.66. The molecule has 0 fully saturated rings. The fraction of sp³-hybridized carbons (Fsp3) is 0.667. The van der Waals surface area contributed by atoms with E-state index in [1.807, 2.05) is 13.8 Å². The Labute approximate surface area is 95.3 Å². The van der Waals surface area contributed by atoms with E-state index >= 15 is 0 Å². The molecule has 0 aromatic carbocycles. The normalized spacial score (nSPS) is 10.9. The molecule has 0 saturated carbocycles. The summed E-state index contributed by atoms with van der Waals surface area (Å²) in [7, 11) is 0. The van der Waals surface area contributed by atoms with Crippen LogP contribution in [0.4, 0.5) is 0 Å². The van der Waals surface area contributed by atoms with Gasteiger partial charge >= 0.3 is 5.97 Å². The monoisotopic (exact) mass is 233 g/mol. The molecule has 0 heterocycles. The van der Waals surface area contributed by atoms with Crippen molar-refractivity contribution in [2.45, 2.75) is 39.2 Å². The molecule has 0 aliphatic rings. The molecule has 5 heteroatoms. The quantitative estimate of drug-likeness (QED) is 0.260. The topological polar surface area (TPSA) is 38.7 Å². The second-order valence-electron chi connectivity index (χ2n) is 3.03. The highest BCUT2D eigenvalue weighted by Crippen LogP contribution is 1.99. The molecule has 0 bridgehead atoms. The largest absolute Gasteiger partial charge is 0.463 e. The van der Waals surface area contributed by atoms with Crippen LogP contribution < -0.4 is 0 Å². The Kier molecular flexibility index (Phi) is 7.70. The second kappa shape index (κ2) is 7.94. The van der Waals surface area contributed by atoms with Crippen molar-refractivity contribution in [2.24, 2.45) is 4.99 Å². The first-order chi connectivity index (χ1) is 6.52. The van der Waals surface area contributed by atoms with E-state index in [2.05, 4.69) is 29.8 Å². The molecule has 0 N–H and O–H groups in total. The highest BCUT2D eigenvalue weighted by molar-refractivity contribution is 8.11. The molecule has 0 amide bonds. The van der Waals surface area contributed by atoms with Crippen molar-refractivity contribution in [3.63, 3.8) is 0 Å². The molecule has 0 spiro atoms. The minimum atomic E-state index is -0.165. The Balaban J connectivity index is 3.45. The first-order valence-corrected chi connectivity index (χ1v) is 5.33. The van der Waals surface area contributed by atoms with Gasteiger partial charge in [-0.1, -0.05) is 12.2 Å². The lowest BCUT2D eigenvalue weighted by molar-refractivity contribution is -0.147. The summed E-state index contributed by atoms with van der Waals surface area (Å²) < 4.78 is 5.27. The van der Waals surface area contributed by atoms with Crippen LogP contribution in [0.1, 0.15) is 33.1 Å². The first kappa shape index (κ1) is 13.6. The predicted molar refractivity (Wildman–Crippen MR) is 65.2 cm³/mol. The summed E-state index contributed by atoms with van der Waals surface area (Å²) in [6.07, 6.45) is 3.49. The van der Waals surface area contributed by atoms with E-state index in [4.69, 9.17) is 4.74 Å². The number of thiocarbonyl (C=S) groups is 1. The van der Waals surface area contributed by atoms with Gasteiger partial charge in [-0.25, -0.2) is 4.99 Å². The van der Waals surface area contributed by atoms with Crippen molar-refractivity contribution in [3.8, 4) is 0 Å². The molecular formula is C9H15NO2S2. The molecule has 0 unspecified atom stereocenters. The summed E-state index contributed by atoms with van der Waals surface area (Å²) in [6, 6.07) is 0. The lowest BCUT2D eigenvalue weighted by atomic mass is 10.2. The molecule has 0 aliphatic carbocycles. The average Bonchev–Trinajstić information content (AvgIpc) is 2.01. The fourth-order valence-electron chi connectivity index (χ4n) is 0.802. The van der Waals surface area contributed by atoms with Crippen LogP contribution in [0, 0.1) is 0 Å². The molecule has 0 aromatic heterocycles. The predicted octanol–water partition coefficient (Wildman–Crippen LogP) is 2.39. The Morgan fingerprint density at radius 1 is 1.64 bits per heavy atom. The first-order valence-electron chi connectivity index (χ1n) is 4.47. The van der Waals surface area contributed by atoms with E-state index in [1.165, 1.54) is 0 Å². The minimum absolute atomic E-state index is 0.0406. The minimum Gasteiger partial charge on any atom is -0.463 e. The number of thiol groups is 1. The molecule has 0 aromatic rings. The van der Waals surface area contributed by atoms with Crippen molar-refractivity contribution in [1.29, 1.82) is 0 Å². The van der Waals surface area contributed by atoms with Crippen LogP contribution >= 0.6 is 24.8 Å². The van der Waals surface area contributed by atoms with Crippen LogP contribution in [0.25, 0.3) is 0 Å². The molecule has 3 nitrogen and oxygen atoms in total.